The van der Waals surface area contributed by atoms with E-state index in [9.17, 15) is 13.6 Å². The van der Waals surface area contributed by atoms with Crippen molar-refractivity contribution in [2.45, 2.75) is 13.5 Å². The van der Waals surface area contributed by atoms with Crippen LogP contribution in [0.4, 0.5) is 8.78 Å². The van der Waals surface area contributed by atoms with Gasteiger partial charge in [-0.1, -0.05) is 38.8 Å². The lowest BCUT2D eigenvalue weighted by molar-refractivity contribution is 0.112. The van der Waals surface area contributed by atoms with Crippen molar-refractivity contribution in [3.8, 4) is 0 Å². The fraction of sp³-hybridized carbons (Fsp3) is 0.188. The van der Waals surface area contributed by atoms with Crippen LogP contribution < -0.4 is 5.32 Å². The van der Waals surface area contributed by atoms with Crippen LogP contribution in [-0.4, -0.2) is 12.8 Å². The van der Waals surface area contributed by atoms with Crippen molar-refractivity contribution in [1.82, 2.24) is 5.32 Å². The normalized spacial score (nSPS) is 9.86. The first-order chi connectivity index (χ1) is 10.5. The Morgan fingerprint density at radius 1 is 1.05 bits per heavy atom. The Morgan fingerprint density at radius 2 is 1.64 bits per heavy atom. The lowest BCUT2D eigenvalue weighted by Crippen LogP contribution is -2.12. The van der Waals surface area contributed by atoms with Gasteiger partial charge in [0.25, 0.3) is 0 Å². The number of hydrogen-bond acceptors (Lipinski definition) is 2. The average Bonchev–Trinajstić information content (AvgIpc) is 2.51. The molecule has 118 valence electrons. The van der Waals surface area contributed by atoms with E-state index < -0.39 is 5.82 Å². The maximum absolute atomic E-state index is 12.7. The number of hydrogen-bond donors (Lipinski definition) is 1. The molecule has 6 heteroatoms. The van der Waals surface area contributed by atoms with Gasteiger partial charge in [-0.25, -0.2) is 8.78 Å². The molecular formula is C16H15Br2F2NO. The molecule has 2 nitrogen and oxygen atoms in total. The highest BCUT2D eigenvalue weighted by atomic mass is 79.9. The van der Waals surface area contributed by atoms with Crippen LogP contribution in [0.3, 0.4) is 0 Å². The lowest BCUT2D eigenvalue weighted by atomic mass is 10.2. The predicted octanol–water partition coefficient (Wildman–Crippen LogP) is 5.10. The molecule has 0 bridgehead atoms. The standard InChI is InChI=1S/C9H11BrFN.C7H4BrFO/c1-2-12-6-7-5-8(11)3-4-9(7)10;8-7-2-1-6(9)3-5(7)4-10/h3-5,12H,2,6H2,1H3;1-4H. The van der Waals surface area contributed by atoms with Crippen molar-refractivity contribution in [3.63, 3.8) is 0 Å². The summed E-state index contributed by atoms with van der Waals surface area (Å²) in [5.74, 6) is -0.587. The van der Waals surface area contributed by atoms with Crippen molar-refractivity contribution < 1.29 is 13.6 Å². The summed E-state index contributed by atoms with van der Waals surface area (Å²) in [6.07, 6.45) is 0.604. The molecule has 0 saturated carbocycles. The molecule has 2 aromatic rings. The van der Waals surface area contributed by atoms with Crippen LogP contribution in [0.1, 0.15) is 22.8 Å². The molecule has 2 aromatic carbocycles. The van der Waals surface area contributed by atoms with Crippen LogP contribution in [0.15, 0.2) is 45.3 Å². The van der Waals surface area contributed by atoms with Crippen molar-refractivity contribution in [2.24, 2.45) is 0 Å². The molecule has 22 heavy (non-hydrogen) atoms. The number of carbonyl (C=O) groups excluding carboxylic acids is 1. The zero-order valence-electron chi connectivity index (χ0n) is 11.9. The second-order valence-corrected chi connectivity index (χ2v) is 6.01. The molecule has 1 N–H and O–H groups in total. The summed E-state index contributed by atoms with van der Waals surface area (Å²) in [4.78, 5) is 10.2. The topological polar surface area (TPSA) is 29.1 Å². The van der Waals surface area contributed by atoms with Gasteiger partial charge < -0.3 is 5.32 Å². The summed E-state index contributed by atoms with van der Waals surface area (Å²) < 4.78 is 26.6. The summed E-state index contributed by atoms with van der Waals surface area (Å²) in [5.41, 5.74) is 1.29. The summed E-state index contributed by atoms with van der Waals surface area (Å²) >= 11 is 6.45. The number of halogens is 4. The first-order valence-electron chi connectivity index (χ1n) is 6.52. The van der Waals surface area contributed by atoms with E-state index >= 15 is 0 Å². The molecule has 0 radical (unpaired) electrons. The number of carbonyl (C=O) groups is 1. The smallest absolute Gasteiger partial charge is 0.151 e. The molecule has 0 unspecified atom stereocenters. The van der Waals surface area contributed by atoms with Crippen LogP contribution in [0, 0.1) is 11.6 Å². The molecule has 0 fully saturated rings. The molecule has 0 aliphatic heterocycles. The third kappa shape index (κ3) is 6.34. The molecule has 0 atom stereocenters. The minimum Gasteiger partial charge on any atom is -0.313 e. The summed E-state index contributed by atoms with van der Waals surface area (Å²) in [7, 11) is 0. The van der Waals surface area contributed by atoms with E-state index in [1.165, 1.54) is 30.3 Å². The van der Waals surface area contributed by atoms with Gasteiger partial charge in [0.15, 0.2) is 6.29 Å². The van der Waals surface area contributed by atoms with E-state index in [0.717, 1.165) is 16.6 Å². The van der Waals surface area contributed by atoms with Gasteiger partial charge in [0.05, 0.1) is 0 Å². The summed E-state index contributed by atoms with van der Waals surface area (Å²) in [6.45, 7) is 3.62. The monoisotopic (exact) mass is 433 g/mol. The Balaban J connectivity index is 0.000000224. The van der Waals surface area contributed by atoms with Gasteiger partial charge in [-0.3, -0.25) is 4.79 Å². The Morgan fingerprint density at radius 3 is 2.18 bits per heavy atom. The molecule has 0 saturated heterocycles. The van der Waals surface area contributed by atoms with Gasteiger partial charge in [-0.2, -0.15) is 0 Å². The Bertz CT molecular complexity index is 636. The third-order valence-corrected chi connectivity index (χ3v) is 4.15. The van der Waals surface area contributed by atoms with E-state index in [0.29, 0.717) is 22.9 Å². The molecule has 0 aromatic heterocycles. The van der Waals surface area contributed by atoms with E-state index in [1.54, 1.807) is 6.07 Å². The number of benzene rings is 2. The third-order valence-electron chi connectivity index (χ3n) is 2.66. The second kappa shape index (κ2) is 9.82. The van der Waals surface area contributed by atoms with Crippen LogP contribution in [0.25, 0.3) is 0 Å². The molecule has 0 spiro atoms. The zero-order valence-corrected chi connectivity index (χ0v) is 15.0. The van der Waals surface area contributed by atoms with Gasteiger partial charge >= 0.3 is 0 Å². The Hall–Kier alpha value is -1.11. The molecule has 0 amide bonds. The van der Waals surface area contributed by atoms with Crippen molar-refractivity contribution in [1.29, 1.82) is 0 Å². The molecule has 0 heterocycles. The van der Waals surface area contributed by atoms with Gasteiger partial charge in [-0.15, -0.1) is 0 Å². The van der Waals surface area contributed by atoms with Gasteiger partial charge in [-0.05, 0) is 48.5 Å². The molecule has 0 aliphatic rings. The molecule has 0 aliphatic carbocycles. The molecular weight excluding hydrogens is 420 g/mol. The van der Waals surface area contributed by atoms with Crippen LogP contribution in [0.5, 0.6) is 0 Å². The first-order valence-corrected chi connectivity index (χ1v) is 8.11. The fourth-order valence-electron chi connectivity index (χ4n) is 1.54. The van der Waals surface area contributed by atoms with Crippen LogP contribution in [0.2, 0.25) is 0 Å². The molecule has 2 rings (SSSR count). The Kier molecular flexibility index (Phi) is 8.45. The fourth-order valence-corrected chi connectivity index (χ4v) is 2.27. The zero-order chi connectivity index (χ0) is 16.5. The Labute approximate surface area is 145 Å². The quantitative estimate of drug-likeness (QED) is 0.678. The minimum absolute atomic E-state index is 0.189. The van der Waals surface area contributed by atoms with E-state index in [-0.39, 0.29) is 5.82 Å². The highest BCUT2D eigenvalue weighted by molar-refractivity contribution is 9.10. The predicted molar refractivity (Wildman–Crippen MR) is 91.0 cm³/mol. The SMILES string of the molecule is CCNCc1cc(F)ccc1Br.O=Cc1cc(F)ccc1Br. The maximum atomic E-state index is 12.7. The minimum atomic E-state index is -0.398. The van der Waals surface area contributed by atoms with E-state index in [2.05, 4.69) is 37.2 Å². The maximum Gasteiger partial charge on any atom is 0.151 e. The van der Waals surface area contributed by atoms with E-state index in [4.69, 9.17) is 0 Å². The van der Waals surface area contributed by atoms with Crippen LogP contribution in [-0.2, 0) is 6.54 Å². The summed E-state index contributed by atoms with van der Waals surface area (Å²) in [6, 6.07) is 8.67. The largest absolute Gasteiger partial charge is 0.313 e. The van der Waals surface area contributed by atoms with E-state index in [1.807, 2.05) is 6.92 Å². The highest BCUT2D eigenvalue weighted by Crippen LogP contribution is 2.17. The van der Waals surface area contributed by atoms with Gasteiger partial charge in [0, 0.05) is 21.1 Å². The van der Waals surface area contributed by atoms with Crippen molar-refractivity contribution in [3.05, 3.63) is 68.1 Å². The average molecular weight is 435 g/mol. The van der Waals surface area contributed by atoms with Gasteiger partial charge in [0.1, 0.15) is 11.6 Å². The second-order valence-electron chi connectivity index (χ2n) is 4.30. The van der Waals surface area contributed by atoms with Gasteiger partial charge in [0.2, 0.25) is 0 Å². The first kappa shape index (κ1) is 18.9. The number of nitrogens with one attached hydrogen (secondary N) is 1. The highest BCUT2D eigenvalue weighted by Gasteiger charge is 2.00. The van der Waals surface area contributed by atoms with Crippen LogP contribution >= 0.6 is 31.9 Å². The number of aldehydes is 1. The summed E-state index contributed by atoms with van der Waals surface area (Å²) in [5, 5.41) is 3.14. The van der Waals surface area contributed by atoms with Crippen molar-refractivity contribution >= 4 is 38.1 Å². The number of rotatable bonds is 4. The lowest BCUT2D eigenvalue weighted by Gasteiger charge is -2.04. The van der Waals surface area contributed by atoms with Crippen molar-refractivity contribution in [2.75, 3.05) is 6.54 Å².